The highest BCUT2D eigenvalue weighted by atomic mass is 16.5. The van der Waals surface area contributed by atoms with Gasteiger partial charge in [-0.05, 0) is 32.9 Å². The molecule has 0 N–H and O–H groups in total. The second-order valence-corrected chi connectivity index (χ2v) is 6.74. The molecule has 4 heterocycles. The lowest BCUT2D eigenvalue weighted by atomic mass is 10.2. The van der Waals surface area contributed by atoms with Gasteiger partial charge in [0.15, 0.2) is 0 Å². The Morgan fingerprint density at radius 2 is 2.08 bits per heavy atom. The molecule has 7 nitrogen and oxygen atoms in total. The van der Waals surface area contributed by atoms with Gasteiger partial charge < -0.3 is 9.14 Å². The summed E-state index contributed by atoms with van der Waals surface area (Å²) in [5.41, 5.74) is 3.31. The second-order valence-electron chi connectivity index (χ2n) is 6.74. The van der Waals surface area contributed by atoms with Crippen LogP contribution in [0.15, 0.2) is 24.4 Å². The van der Waals surface area contributed by atoms with E-state index < -0.39 is 0 Å². The van der Waals surface area contributed by atoms with Crippen LogP contribution >= 0.6 is 0 Å². The van der Waals surface area contributed by atoms with Crippen LogP contribution in [0.4, 0.5) is 0 Å². The second kappa shape index (κ2) is 6.57. The zero-order chi connectivity index (χ0) is 17.4. The maximum absolute atomic E-state index is 5.94. The molecule has 1 atom stereocenters. The maximum atomic E-state index is 5.94. The lowest BCUT2D eigenvalue weighted by Crippen LogP contribution is -2.44. The topological polar surface area (TPSA) is 60.5 Å². The van der Waals surface area contributed by atoms with E-state index in [-0.39, 0.29) is 6.10 Å². The average molecular weight is 340 g/mol. The van der Waals surface area contributed by atoms with Crippen LogP contribution in [0.3, 0.4) is 0 Å². The van der Waals surface area contributed by atoms with Crippen molar-refractivity contribution < 1.29 is 4.74 Å². The van der Waals surface area contributed by atoms with E-state index in [4.69, 9.17) is 9.72 Å². The predicted molar refractivity (Wildman–Crippen MR) is 94.4 cm³/mol. The number of aryl methyl sites for hydroxylation is 3. The van der Waals surface area contributed by atoms with Crippen molar-refractivity contribution in [3.63, 3.8) is 0 Å². The van der Waals surface area contributed by atoms with Crippen LogP contribution in [0.1, 0.15) is 23.0 Å². The molecule has 1 saturated heterocycles. The third kappa shape index (κ3) is 3.43. The van der Waals surface area contributed by atoms with E-state index in [1.165, 1.54) is 5.69 Å². The number of hydrogen-bond acceptors (Lipinski definition) is 5. The molecule has 0 saturated carbocycles. The zero-order valence-electron chi connectivity index (χ0n) is 15.0. The predicted octanol–water partition coefficient (Wildman–Crippen LogP) is 1.75. The molecular weight excluding hydrogens is 316 g/mol. The summed E-state index contributed by atoms with van der Waals surface area (Å²) in [6, 6.07) is 6.20. The number of morpholine rings is 1. The molecule has 0 spiro atoms. The third-order valence-electron chi connectivity index (χ3n) is 4.69. The third-order valence-corrected chi connectivity index (χ3v) is 4.69. The Morgan fingerprint density at radius 3 is 2.84 bits per heavy atom. The molecule has 0 aliphatic carbocycles. The van der Waals surface area contributed by atoms with Crippen molar-refractivity contribution in [3.05, 3.63) is 47.4 Å². The summed E-state index contributed by atoms with van der Waals surface area (Å²) >= 11 is 0. The number of fused-ring (bicyclic) bond motifs is 1. The van der Waals surface area contributed by atoms with Gasteiger partial charge in [-0.2, -0.15) is 5.10 Å². The van der Waals surface area contributed by atoms with Crippen molar-refractivity contribution in [1.29, 1.82) is 0 Å². The Morgan fingerprint density at radius 1 is 1.20 bits per heavy atom. The van der Waals surface area contributed by atoms with Gasteiger partial charge in [-0.25, -0.2) is 14.6 Å². The standard InChI is InChI=1S/C18H24N6O/c1-13-5-4-6-18-20-16(10-23(13)18)9-22-7-8-25-17(11-22)12-24-15(3)19-14(2)21-24/h4-6,10,17H,7-9,11-12H2,1-3H3/t17-/m0/s1. The van der Waals surface area contributed by atoms with Crippen LogP contribution in [0.2, 0.25) is 0 Å². The van der Waals surface area contributed by atoms with Gasteiger partial charge in [-0.1, -0.05) is 6.07 Å². The smallest absolute Gasteiger partial charge is 0.147 e. The highest BCUT2D eigenvalue weighted by molar-refractivity contribution is 5.41. The number of pyridine rings is 1. The fraction of sp³-hybridized carbons (Fsp3) is 0.500. The van der Waals surface area contributed by atoms with Gasteiger partial charge in [0.25, 0.3) is 0 Å². The normalized spacial score (nSPS) is 18.9. The summed E-state index contributed by atoms with van der Waals surface area (Å²) < 4.78 is 10.0. The fourth-order valence-corrected chi connectivity index (χ4v) is 3.47. The Hall–Kier alpha value is -2.25. The summed E-state index contributed by atoms with van der Waals surface area (Å²) in [6.07, 6.45) is 2.27. The minimum absolute atomic E-state index is 0.132. The minimum Gasteiger partial charge on any atom is -0.374 e. The Labute approximate surface area is 147 Å². The molecule has 1 aliphatic rings. The first kappa shape index (κ1) is 16.2. The number of nitrogens with zero attached hydrogens (tertiary/aromatic N) is 6. The van der Waals surface area contributed by atoms with Gasteiger partial charge in [0.1, 0.15) is 17.3 Å². The molecule has 4 rings (SSSR count). The molecule has 3 aromatic heterocycles. The lowest BCUT2D eigenvalue weighted by molar-refractivity contribution is -0.0408. The summed E-state index contributed by atoms with van der Waals surface area (Å²) in [5, 5.41) is 4.44. The number of hydrogen-bond donors (Lipinski definition) is 0. The van der Waals surface area contributed by atoms with Crippen LogP contribution < -0.4 is 0 Å². The monoisotopic (exact) mass is 340 g/mol. The van der Waals surface area contributed by atoms with Crippen molar-refractivity contribution in [2.75, 3.05) is 19.7 Å². The average Bonchev–Trinajstić information content (AvgIpc) is 3.11. The highest BCUT2D eigenvalue weighted by Crippen LogP contribution is 2.14. The number of imidazole rings is 1. The molecule has 0 radical (unpaired) electrons. The molecule has 25 heavy (non-hydrogen) atoms. The number of rotatable bonds is 4. The van der Waals surface area contributed by atoms with Gasteiger partial charge in [0.05, 0.1) is 24.9 Å². The molecular formula is C18H24N6O. The largest absolute Gasteiger partial charge is 0.374 e. The van der Waals surface area contributed by atoms with Crippen LogP contribution in [0.25, 0.3) is 5.65 Å². The van der Waals surface area contributed by atoms with Gasteiger partial charge in [-0.15, -0.1) is 0 Å². The van der Waals surface area contributed by atoms with Crippen molar-refractivity contribution in [2.45, 2.75) is 40.0 Å². The van der Waals surface area contributed by atoms with Gasteiger partial charge in [-0.3, -0.25) is 4.90 Å². The first-order valence-electron chi connectivity index (χ1n) is 8.74. The first-order chi connectivity index (χ1) is 12.1. The fourth-order valence-electron chi connectivity index (χ4n) is 3.47. The van der Waals surface area contributed by atoms with Gasteiger partial charge in [0.2, 0.25) is 0 Å². The Bertz CT molecular complexity index is 883. The van der Waals surface area contributed by atoms with E-state index >= 15 is 0 Å². The maximum Gasteiger partial charge on any atom is 0.147 e. The molecule has 0 bridgehead atoms. The lowest BCUT2D eigenvalue weighted by Gasteiger charge is -2.32. The highest BCUT2D eigenvalue weighted by Gasteiger charge is 2.22. The summed E-state index contributed by atoms with van der Waals surface area (Å²) in [6.45, 7) is 10.1. The summed E-state index contributed by atoms with van der Waals surface area (Å²) in [5.74, 6) is 1.75. The molecule has 132 valence electrons. The van der Waals surface area contributed by atoms with Gasteiger partial charge in [0, 0.05) is 31.5 Å². The van der Waals surface area contributed by atoms with E-state index in [2.05, 4.69) is 50.7 Å². The summed E-state index contributed by atoms with van der Waals surface area (Å²) in [7, 11) is 0. The minimum atomic E-state index is 0.132. The zero-order valence-corrected chi connectivity index (χ0v) is 15.0. The van der Waals surface area contributed by atoms with Crippen molar-refractivity contribution in [2.24, 2.45) is 0 Å². The molecule has 3 aromatic rings. The molecule has 0 aromatic carbocycles. The van der Waals surface area contributed by atoms with E-state index in [1.54, 1.807) is 0 Å². The number of aromatic nitrogens is 5. The first-order valence-corrected chi connectivity index (χ1v) is 8.74. The van der Waals surface area contributed by atoms with Crippen LogP contribution in [0, 0.1) is 20.8 Å². The van der Waals surface area contributed by atoms with Gasteiger partial charge >= 0.3 is 0 Å². The Kier molecular flexibility index (Phi) is 4.27. The van der Waals surface area contributed by atoms with E-state index in [9.17, 15) is 0 Å². The van der Waals surface area contributed by atoms with Crippen molar-refractivity contribution >= 4 is 5.65 Å². The van der Waals surface area contributed by atoms with E-state index in [0.717, 1.165) is 55.8 Å². The quantitative estimate of drug-likeness (QED) is 0.724. The summed E-state index contributed by atoms with van der Waals surface area (Å²) in [4.78, 5) is 11.5. The van der Waals surface area contributed by atoms with E-state index in [0.29, 0.717) is 0 Å². The Balaban J connectivity index is 1.43. The molecule has 1 fully saturated rings. The van der Waals surface area contributed by atoms with Crippen molar-refractivity contribution in [3.8, 4) is 0 Å². The molecule has 1 aliphatic heterocycles. The van der Waals surface area contributed by atoms with Crippen molar-refractivity contribution in [1.82, 2.24) is 29.0 Å². The van der Waals surface area contributed by atoms with Crippen LogP contribution in [-0.4, -0.2) is 54.8 Å². The van der Waals surface area contributed by atoms with Crippen LogP contribution in [-0.2, 0) is 17.8 Å². The molecule has 0 unspecified atom stereocenters. The van der Waals surface area contributed by atoms with E-state index in [1.807, 2.05) is 18.5 Å². The molecule has 0 amide bonds. The molecule has 7 heteroatoms. The SMILES string of the molecule is Cc1nc(C)n(C[C@@H]2CN(Cc3cn4c(C)cccc4n3)CCO2)n1. The number of ether oxygens (including phenoxy) is 1. The van der Waals surface area contributed by atoms with Crippen LogP contribution in [0.5, 0.6) is 0 Å².